The lowest BCUT2D eigenvalue weighted by atomic mass is 9.77. The topological polar surface area (TPSA) is 0 Å². The Hall–Kier alpha value is -5.03. The van der Waals surface area contributed by atoms with Crippen molar-refractivity contribution in [1.82, 2.24) is 0 Å². The molecule has 0 N–H and O–H groups in total. The molecule has 0 amide bonds. The molecule has 0 saturated heterocycles. The first kappa shape index (κ1) is 76.2. The van der Waals surface area contributed by atoms with Crippen molar-refractivity contribution in [2.45, 2.75) is 285 Å². The summed E-state index contributed by atoms with van der Waals surface area (Å²) < 4.78 is 0. The summed E-state index contributed by atoms with van der Waals surface area (Å²) in [6, 6.07) is 49.2. The van der Waals surface area contributed by atoms with E-state index in [0.717, 1.165) is 0 Å². The molecular formula is C85H128Si2. The average Bonchev–Trinajstić information content (AvgIpc) is 2.02. The summed E-state index contributed by atoms with van der Waals surface area (Å²) in [5, 5.41) is 3.27. The highest BCUT2D eigenvalue weighted by Gasteiger charge is 2.32. The van der Waals surface area contributed by atoms with E-state index in [9.17, 15) is 0 Å². The summed E-state index contributed by atoms with van der Waals surface area (Å²) in [6.45, 7) is 78.2. The number of hydrogen-bond donors (Lipinski definition) is 0. The monoisotopic (exact) mass is 1200 g/mol. The lowest BCUT2D eigenvalue weighted by Gasteiger charge is -2.32. The molecule has 0 spiro atoms. The molecule has 0 atom stereocenters. The summed E-state index contributed by atoms with van der Waals surface area (Å²) in [4.78, 5) is 0. The van der Waals surface area contributed by atoms with Gasteiger partial charge in [0.2, 0.25) is 0 Å². The fourth-order valence-electron chi connectivity index (χ4n) is 12.3. The van der Waals surface area contributed by atoms with Gasteiger partial charge in [0, 0.05) is 0 Å². The number of benzene rings is 7. The van der Waals surface area contributed by atoms with Crippen LogP contribution in [0.3, 0.4) is 0 Å². The molecule has 476 valence electrons. The van der Waals surface area contributed by atoms with Crippen molar-refractivity contribution < 1.29 is 0 Å². The van der Waals surface area contributed by atoms with Crippen molar-refractivity contribution in [3.05, 3.63) is 210 Å². The molecule has 0 aromatic heterocycles. The number of hydrogen-bond acceptors (Lipinski definition) is 0. The van der Waals surface area contributed by atoms with Gasteiger partial charge in [0.15, 0.2) is 0 Å². The van der Waals surface area contributed by atoms with Gasteiger partial charge in [0.1, 0.15) is 0 Å². The van der Waals surface area contributed by atoms with Gasteiger partial charge in [-0.3, -0.25) is 0 Å². The molecular weight excluding hydrogens is 1080 g/mol. The first-order valence-corrected chi connectivity index (χ1v) is 39.4. The van der Waals surface area contributed by atoms with Gasteiger partial charge in [-0.25, -0.2) is 0 Å². The van der Waals surface area contributed by atoms with Gasteiger partial charge in [0.25, 0.3) is 0 Å². The third kappa shape index (κ3) is 20.8. The zero-order chi connectivity index (χ0) is 67.0. The van der Waals surface area contributed by atoms with Crippen LogP contribution in [0.2, 0.25) is 37.8 Å². The van der Waals surface area contributed by atoms with Crippen molar-refractivity contribution in [2.75, 3.05) is 0 Å². The molecule has 0 heterocycles. The first-order chi connectivity index (χ1) is 39.6. The van der Waals surface area contributed by atoms with E-state index >= 15 is 0 Å². The van der Waals surface area contributed by atoms with Gasteiger partial charge >= 0.3 is 0 Å². The Morgan fingerprint density at radius 3 is 0.793 bits per heavy atom. The van der Waals surface area contributed by atoms with Crippen LogP contribution in [0.4, 0.5) is 0 Å². The van der Waals surface area contributed by atoms with Gasteiger partial charge < -0.3 is 0 Å². The van der Waals surface area contributed by atoms with E-state index in [4.69, 9.17) is 0 Å². The van der Waals surface area contributed by atoms with Gasteiger partial charge in [-0.15, -0.1) is 0 Å². The Bertz CT molecular complexity index is 3150. The van der Waals surface area contributed by atoms with Crippen LogP contribution < -0.4 is 10.4 Å². The van der Waals surface area contributed by atoms with Crippen molar-refractivity contribution in [3.8, 4) is 22.3 Å². The molecule has 7 aromatic rings. The van der Waals surface area contributed by atoms with E-state index in [1.54, 1.807) is 15.9 Å². The lowest BCUT2D eigenvalue weighted by Crippen LogP contribution is -2.46. The van der Waals surface area contributed by atoms with Crippen LogP contribution in [0.25, 0.3) is 22.3 Å². The summed E-state index contributed by atoms with van der Waals surface area (Å²) >= 11 is 0. The molecule has 7 aromatic carbocycles. The predicted octanol–water partition coefficient (Wildman–Crippen LogP) is 24.9. The standard InChI is InChI=1S/C18H32Si.2C18H22.C16H26.C15H26Si/c1-9-19(10-2,11-3)16-12-14(4)15(5)17(13-16)18(6,7)8;2*1-13-11-16(15-9-7-6-8-10-15)12-17(14(13)2)18(3,4)5;1-11-9-13(15(3,4)5)10-14(12(11)2)16(6,7)8;1-11-9-13(16(6,7)8)10-14(12(11)2)15(3,4)5/h12-13H,9-11H2,1-8H3;2*6-12H,1-5H3;2*9-10H,1-8H3. The van der Waals surface area contributed by atoms with Crippen LogP contribution in [-0.2, 0) is 32.5 Å². The quantitative estimate of drug-likeness (QED) is 0.140. The lowest BCUT2D eigenvalue weighted by molar-refractivity contribution is 0.564. The molecule has 0 radical (unpaired) electrons. The second kappa shape index (κ2) is 29.7. The largest absolute Gasteiger partial charge is 0.0859 e. The second-order valence-corrected chi connectivity index (χ2v) is 43.5. The Balaban J connectivity index is 0.000000285. The summed E-state index contributed by atoms with van der Waals surface area (Å²) in [7, 11) is -2.46. The maximum atomic E-state index is 2.55. The molecule has 0 fully saturated rings. The van der Waals surface area contributed by atoms with E-state index in [1.165, 1.54) is 124 Å². The summed E-state index contributed by atoms with van der Waals surface area (Å²) in [6.07, 6.45) is 0. The molecule has 0 aliphatic carbocycles. The molecule has 0 aliphatic heterocycles. The highest BCUT2D eigenvalue weighted by atomic mass is 28.3. The smallest absolute Gasteiger partial charge is 0.0675 e. The van der Waals surface area contributed by atoms with E-state index in [0.29, 0.717) is 0 Å². The predicted molar refractivity (Wildman–Crippen MR) is 402 cm³/mol. The van der Waals surface area contributed by atoms with Crippen LogP contribution in [-0.4, -0.2) is 16.1 Å². The third-order valence-corrected chi connectivity index (χ3v) is 26.6. The third-order valence-electron chi connectivity index (χ3n) is 19.0. The fraction of sp³-hybridized carbons (Fsp3) is 0.506. The van der Waals surface area contributed by atoms with Gasteiger partial charge in [-0.05, 0) is 213 Å². The molecule has 87 heavy (non-hydrogen) atoms. The summed E-state index contributed by atoms with van der Waals surface area (Å²) in [5.74, 6) is 0. The van der Waals surface area contributed by atoms with Crippen LogP contribution in [0, 0.1) is 69.2 Å². The minimum atomic E-state index is -1.26. The van der Waals surface area contributed by atoms with E-state index in [-0.39, 0.29) is 32.5 Å². The molecule has 0 saturated carbocycles. The first-order valence-electron chi connectivity index (χ1n) is 33.3. The molecule has 0 aliphatic rings. The minimum Gasteiger partial charge on any atom is -0.0675 e. The Morgan fingerprint density at radius 2 is 0.517 bits per heavy atom. The van der Waals surface area contributed by atoms with Crippen molar-refractivity contribution in [1.29, 1.82) is 0 Å². The van der Waals surface area contributed by atoms with E-state index in [1.807, 2.05) is 0 Å². The molecule has 7 rings (SSSR count). The zero-order valence-electron chi connectivity index (χ0n) is 62.7. The maximum Gasteiger partial charge on any atom is 0.0859 e. The van der Waals surface area contributed by atoms with Crippen molar-refractivity contribution in [2.24, 2.45) is 0 Å². The van der Waals surface area contributed by atoms with Crippen molar-refractivity contribution in [3.63, 3.8) is 0 Å². The van der Waals surface area contributed by atoms with Gasteiger partial charge in [-0.2, -0.15) is 0 Å². The molecule has 0 bridgehead atoms. The molecule has 0 nitrogen and oxygen atoms in total. The van der Waals surface area contributed by atoms with Gasteiger partial charge in [0.05, 0.1) is 16.1 Å². The van der Waals surface area contributed by atoms with Crippen molar-refractivity contribution >= 4 is 26.5 Å². The molecule has 0 unspecified atom stereocenters. The summed E-state index contributed by atoms with van der Waals surface area (Å²) in [5.41, 5.74) is 29.8. The van der Waals surface area contributed by atoms with Gasteiger partial charge in [-0.1, -0.05) is 315 Å². The second-order valence-electron chi connectivity index (χ2n) is 33.2. The van der Waals surface area contributed by atoms with Crippen LogP contribution in [0.15, 0.2) is 121 Å². The maximum absolute atomic E-state index is 2.55. The minimum absolute atomic E-state index is 0.194. The van der Waals surface area contributed by atoms with Crippen LogP contribution >= 0.6 is 0 Å². The Kier molecular flexibility index (Phi) is 26.1. The molecule has 2 heteroatoms. The highest BCUT2D eigenvalue weighted by Crippen LogP contribution is 2.37. The zero-order valence-corrected chi connectivity index (χ0v) is 64.7. The Labute approximate surface area is 540 Å². The van der Waals surface area contributed by atoms with Crippen LogP contribution in [0.1, 0.15) is 234 Å². The number of rotatable bonds is 7. The van der Waals surface area contributed by atoms with E-state index in [2.05, 4.69) is 356 Å². The normalized spacial score (nSPS) is 12.4. The highest BCUT2D eigenvalue weighted by molar-refractivity contribution is 6.91. The SMILES string of the molecule is CC[Si](CC)(CC)c1cc(C)c(C)c(C(C)(C)C)c1.Cc1cc(-c2ccccc2)cc(C(C)(C)C)c1C.Cc1cc(-c2ccccc2)cc(C(C)(C)C)c1C.Cc1cc(C(C)(C)C)cc(C(C)(C)C)c1C.Cc1cc([Si](C)(C)C)cc(C(C)(C)C)c1C. The fourth-order valence-corrected chi connectivity index (χ4v) is 17.2. The average molecular weight is 1210 g/mol. The van der Waals surface area contributed by atoms with Crippen LogP contribution in [0.5, 0.6) is 0 Å². The van der Waals surface area contributed by atoms with E-state index < -0.39 is 16.1 Å². The number of aryl methyl sites for hydroxylation is 5. The Morgan fingerprint density at radius 1 is 0.264 bits per heavy atom.